The van der Waals surface area contributed by atoms with Crippen LogP contribution in [-0.4, -0.2) is 45.5 Å². The van der Waals surface area contributed by atoms with Gasteiger partial charge in [-0.2, -0.15) is 0 Å². The van der Waals surface area contributed by atoms with Gasteiger partial charge in [0.1, 0.15) is 6.61 Å². The molecular weight excluding hydrogens is 210 g/mol. The lowest BCUT2D eigenvalue weighted by Crippen LogP contribution is -2.26. The Hall–Kier alpha value is -0.650. The minimum atomic E-state index is -0.295. The quantitative estimate of drug-likeness (QED) is 0.444. The van der Waals surface area contributed by atoms with E-state index in [9.17, 15) is 4.79 Å². The number of nitrogens with two attached hydrogens (primary N) is 1. The summed E-state index contributed by atoms with van der Waals surface area (Å²) in [5.74, 6) is -0.295. The molecule has 96 valence electrons. The van der Waals surface area contributed by atoms with Gasteiger partial charge >= 0.3 is 5.97 Å². The maximum atomic E-state index is 11.2. The number of carbonyl (C=O) groups excluding carboxylic acids is 1. The molecule has 0 aliphatic heterocycles. The van der Waals surface area contributed by atoms with Crippen LogP contribution in [0.4, 0.5) is 0 Å². The van der Waals surface area contributed by atoms with Crippen LogP contribution >= 0.6 is 0 Å². The zero-order valence-electron chi connectivity index (χ0n) is 10.2. The first-order valence-corrected chi connectivity index (χ1v) is 5.70. The van der Waals surface area contributed by atoms with E-state index in [1.807, 2.05) is 0 Å². The smallest absolute Gasteiger partial charge is 0.308 e. The summed E-state index contributed by atoms with van der Waals surface area (Å²) in [6.07, 6.45) is 2.08. The molecule has 0 amide bonds. The molecule has 0 aromatic heterocycles. The molecule has 0 aromatic rings. The predicted octanol–water partition coefficient (Wildman–Crippen LogP) is 0.710. The number of hydrogen-bond donors (Lipinski definition) is 1. The summed E-state index contributed by atoms with van der Waals surface area (Å²) in [6, 6.07) is 0. The molecule has 5 nitrogen and oxygen atoms in total. The number of unbranched alkanes of at least 4 members (excludes halogenated alkanes) is 1. The Morgan fingerprint density at radius 3 is 2.62 bits per heavy atom. The lowest BCUT2D eigenvalue weighted by molar-refractivity contribution is -0.147. The fourth-order valence-corrected chi connectivity index (χ4v) is 1.07. The fraction of sp³-hybridized carbons (Fsp3) is 0.909. The Kier molecular flexibility index (Phi) is 10.4. The van der Waals surface area contributed by atoms with E-state index >= 15 is 0 Å². The predicted molar refractivity (Wildman–Crippen MR) is 61.2 cm³/mol. The van der Waals surface area contributed by atoms with Crippen molar-refractivity contribution in [3.63, 3.8) is 0 Å². The molecule has 0 bridgehead atoms. The van der Waals surface area contributed by atoms with E-state index in [0.29, 0.717) is 19.8 Å². The molecule has 0 fully saturated rings. The Morgan fingerprint density at radius 2 is 2.06 bits per heavy atom. The van der Waals surface area contributed by atoms with Crippen molar-refractivity contribution in [1.82, 2.24) is 0 Å². The Morgan fingerprint density at radius 1 is 1.31 bits per heavy atom. The lowest BCUT2D eigenvalue weighted by atomic mass is 10.2. The van der Waals surface area contributed by atoms with Gasteiger partial charge in [0.05, 0.1) is 19.1 Å². The second-order valence-electron chi connectivity index (χ2n) is 3.48. The molecule has 0 saturated carbocycles. The summed E-state index contributed by atoms with van der Waals surface area (Å²) in [5.41, 5.74) is 5.38. The van der Waals surface area contributed by atoms with Crippen LogP contribution in [0.3, 0.4) is 0 Å². The highest BCUT2D eigenvalue weighted by atomic mass is 16.6. The third kappa shape index (κ3) is 8.64. The summed E-state index contributed by atoms with van der Waals surface area (Å²) in [7, 11) is 1.53. The summed E-state index contributed by atoms with van der Waals surface area (Å²) in [6.45, 7) is 3.88. The number of carbonyl (C=O) groups is 1. The van der Waals surface area contributed by atoms with Gasteiger partial charge in [0.25, 0.3) is 0 Å². The van der Waals surface area contributed by atoms with E-state index in [2.05, 4.69) is 6.92 Å². The van der Waals surface area contributed by atoms with Gasteiger partial charge in [-0.05, 0) is 6.42 Å². The van der Waals surface area contributed by atoms with Gasteiger partial charge in [0.15, 0.2) is 0 Å². The molecule has 0 saturated heterocycles. The van der Waals surface area contributed by atoms with Crippen LogP contribution < -0.4 is 5.73 Å². The van der Waals surface area contributed by atoms with Crippen LogP contribution in [0.1, 0.15) is 26.2 Å². The molecular formula is C11H23NO4. The van der Waals surface area contributed by atoms with Crippen molar-refractivity contribution in [2.24, 2.45) is 5.73 Å². The molecule has 0 heterocycles. The molecule has 16 heavy (non-hydrogen) atoms. The molecule has 0 aliphatic carbocycles. The average molecular weight is 233 g/mol. The minimum absolute atomic E-state index is 0.196. The van der Waals surface area contributed by atoms with Crippen molar-refractivity contribution in [1.29, 1.82) is 0 Å². The molecule has 2 N–H and O–H groups in total. The van der Waals surface area contributed by atoms with Crippen molar-refractivity contribution in [2.45, 2.75) is 32.3 Å². The first kappa shape index (κ1) is 15.3. The van der Waals surface area contributed by atoms with Crippen LogP contribution in [0.5, 0.6) is 0 Å². The summed E-state index contributed by atoms with van der Waals surface area (Å²) in [5, 5.41) is 0. The summed E-state index contributed by atoms with van der Waals surface area (Å²) < 4.78 is 15.2. The first-order chi connectivity index (χ1) is 7.74. The van der Waals surface area contributed by atoms with Gasteiger partial charge < -0.3 is 19.9 Å². The second kappa shape index (κ2) is 10.9. The highest BCUT2D eigenvalue weighted by Gasteiger charge is 2.12. The zero-order chi connectivity index (χ0) is 12.2. The molecule has 0 aliphatic rings. The number of rotatable bonds is 10. The number of methoxy groups -OCH3 is 1. The fourth-order valence-electron chi connectivity index (χ4n) is 1.07. The van der Waals surface area contributed by atoms with E-state index in [1.165, 1.54) is 7.11 Å². The Balaban J connectivity index is 3.36. The highest BCUT2D eigenvalue weighted by Crippen LogP contribution is 1.97. The molecule has 0 rings (SSSR count). The van der Waals surface area contributed by atoms with Crippen LogP contribution in [0.2, 0.25) is 0 Å². The van der Waals surface area contributed by atoms with E-state index in [1.54, 1.807) is 0 Å². The van der Waals surface area contributed by atoms with Crippen molar-refractivity contribution in [2.75, 3.05) is 33.5 Å². The van der Waals surface area contributed by atoms with Gasteiger partial charge in [-0.15, -0.1) is 0 Å². The third-order valence-electron chi connectivity index (χ3n) is 2.12. The molecule has 5 heteroatoms. The SMILES string of the molecule is CCCCOCCOC(=O)CC(CN)OC. The Bertz CT molecular complexity index is 171. The molecule has 1 atom stereocenters. The second-order valence-corrected chi connectivity index (χ2v) is 3.48. The van der Waals surface area contributed by atoms with E-state index < -0.39 is 0 Å². The van der Waals surface area contributed by atoms with Crippen molar-refractivity contribution in [3.8, 4) is 0 Å². The van der Waals surface area contributed by atoms with Crippen LogP contribution in [0.25, 0.3) is 0 Å². The molecule has 0 aromatic carbocycles. The molecule has 1 unspecified atom stereocenters. The first-order valence-electron chi connectivity index (χ1n) is 5.70. The zero-order valence-corrected chi connectivity index (χ0v) is 10.2. The largest absolute Gasteiger partial charge is 0.463 e. The normalized spacial score (nSPS) is 12.4. The standard InChI is InChI=1S/C11H23NO4/c1-3-4-5-15-6-7-16-11(13)8-10(9-12)14-2/h10H,3-9,12H2,1-2H3. The van der Waals surface area contributed by atoms with E-state index in [-0.39, 0.29) is 18.5 Å². The third-order valence-corrected chi connectivity index (χ3v) is 2.12. The van der Waals surface area contributed by atoms with Crippen LogP contribution in [0.15, 0.2) is 0 Å². The van der Waals surface area contributed by atoms with E-state index in [4.69, 9.17) is 19.9 Å². The van der Waals surface area contributed by atoms with Gasteiger partial charge in [-0.25, -0.2) is 0 Å². The van der Waals surface area contributed by atoms with Gasteiger partial charge in [0, 0.05) is 20.3 Å². The minimum Gasteiger partial charge on any atom is -0.463 e. The van der Waals surface area contributed by atoms with Crippen molar-refractivity contribution in [3.05, 3.63) is 0 Å². The topological polar surface area (TPSA) is 70.8 Å². The van der Waals surface area contributed by atoms with Gasteiger partial charge in [0.2, 0.25) is 0 Å². The van der Waals surface area contributed by atoms with Gasteiger partial charge in [-0.3, -0.25) is 4.79 Å². The maximum Gasteiger partial charge on any atom is 0.308 e. The van der Waals surface area contributed by atoms with Crippen molar-refractivity contribution >= 4 is 5.97 Å². The number of hydrogen-bond acceptors (Lipinski definition) is 5. The van der Waals surface area contributed by atoms with E-state index in [0.717, 1.165) is 19.4 Å². The highest BCUT2D eigenvalue weighted by molar-refractivity contribution is 5.69. The van der Waals surface area contributed by atoms with Gasteiger partial charge in [-0.1, -0.05) is 13.3 Å². The Labute approximate surface area is 97.2 Å². The molecule has 0 radical (unpaired) electrons. The van der Waals surface area contributed by atoms with Crippen LogP contribution in [-0.2, 0) is 19.0 Å². The summed E-state index contributed by atoms with van der Waals surface area (Å²) >= 11 is 0. The number of ether oxygens (including phenoxy) is 3. The van der Waals surface area contributed by atoms with Crippen molar-refractivity contribution < 1.29 is 19.0 Å². The number of esters is 1. The summed E-state index contributed by atoms with van der Waals surface area (Å²) in [4.78, 5) is 11.2. The maximum absolute atomic E-state index is 11.2. The average Bonchev–Trinajstić information content (AvgIpc) is 2.30. The molecule has 0 spiro atoms. The van der Waals surface area contributed by atoms with Crippen LogP contribution in [0, 0.1) is 0 Å². The lowest BCUT2D eigenvalue weighted by Gasteiger charge is -2.12. The monoisotopic (exact) mass is 233 g/mol.